The fraction of sp³-hybridized carbons (Fsp3) is 0.529. The van der Waals surface area contributed by atoms with Gasteiger partial charge in [0.15, 0.2) is 11.5 Å². The molecule has 0 spiro atoms. The van der Waals surface area contributed by atoms with Gasteiger partial charge in [-0.1, -0.05) is 37.3 Å². The highest BCUT2D eigenvalue weighted by atomic mass is 19.1. The van der Waals surface area contributed by atoms with Crippen LogP contribution in [0.1, 0.15) is 38.2 Å². The molecule has 0 aliphatic carbocycles. The van der Waals surface area contributed by atoms with Crippen molar-refractivity contribution < 1.29 is 18.7 Å². The first kappa shape index (κ1) is 16.5. The number of halogens is 1. The van der Waals surface area contributed by atoms with Gasteiger partial charge in [-0.25, -0.2) is 9.18 Å². The maximum atomic E-state index is 14.5. The maximum absolute atomic E-state index is 14.5. The van der Waals surface area contributed by atoms with Gasteiger partial charge >= 0.3 is 6.09 Å². The van der Waals surface area contributed by atoms with E-state index in [1.165, 1.54) is 4.90 Å². The monoisotopic (exact) mass is 307 g/mol. The zero-order valence-electron chi connectivity index (χ0n) is 12.9. The number of carbonyl (C=O) groups excluding carboxylic acids is 2. The highest BCUT2D eigenvalue weighted by molar-refractivity contribution is 5.87. The fourth-order valence-corrected chi connectivity index (χ4v) is 2.59. The van der Waals surface area contributed by atoms with E-state index < -0.39 is 11.8 Å². The lowest BCUT2D eigenvalue weighted by atomic mass is 9.89. The van der Waals surface area contributed by atoms with Crippen molar-refractivity contribution >= 4 is 11.9 Å². The van der Waals surface area contributed by atoms with Gasteiger partial charge in [0.1, 0.15) is 6.61 Å². The number of likely N-dealkylation sites (tertiary alicyclic amines) is 1. The Labute approximate surface area is 130 Å². The Morgan fingerprint density at radius 2 is 2.05 bits per heavy atom. The second kappa shape index (κ2) is 7.38. The Hall–Kier alpha value is -1.91. The molecule has 1 saturated heterocycles. The van der Waals surface area contributed by atoms with Crippen molar-refractivity contribution in [2.75, 3.05) is 13.1 Å². The molecular weight excluding hydrogens is 285 g/mol. The van der Waals surface area contributed by atoms with Gasteiger partial charge < -0.3 is 9.64 Å². The van der Waals surface area contributed by atoms with E-state index in [0.717, 1.165) is 5.56 Å². The smallest absolute Gasteiger partial charge is 0.410 e. The molecule has 1 unspecified atom stereocenters. The van der Waals surface area contributed by atoms with Crippen molar-refractivity contribution in [1.82, 2.24) is 4.90 Å². The van der Waals surface area contributed by atoms with Crippen molar-refractivity contribution in [2.24, 2.45) is 0 Å². The molecule has 120 valence electrons. The van der Waals surface area contributed by atoms with E-state index >= 15 is 0 Å². The second-order valence-corrected chi connectivity index (χ2v) is 5.62. The molecule has 1 aromatic carbocycles. The Bertz CT molecular complexity index is 520. The summed E-state index contributed by atoms with van der Waals surface area (Å²) in [5.41, 5.74) is -0.898. The number of ketones is 1. The Morgan fingerprint density at radius 3 is 2.73 bits per heavy atom. The van der Waals surface area contributed by atoms with E-state index in [4.69, 9.17) is 4.74 Å². The van der Waals surface area contributed by atoms with Crippen molar-refractivity contribution in [3.8, 4) is 0 Å². The minimum absolute atomic E-state index is 0.0444. The highest BCUT2D eigenvalue weighted by Crippen LogP contribution is 2.27. The summed E-state index contributed by atoms with van der Waals surface area (Å²) in [4.78, 5) is 25.4. The SMILES string of the molecule is CCC1(F)CCN(C(=O)OCc2ccccc2)CCCC1=O. The zero-order chi connectivity index (χ0) is 16.0. The second-order valence-electron chi connectivity index (χ2n) is 5.62. The van der Waals surface area contributed by atoms with Crippen LogP contribution in [0.2, 0.25) is 0 Å². The molecule has 1 atom stereocenters. The summed E-state index contributed by atoms with van der Waals surface area (Å²) in [6.45, 7) is 2.50. The molecule has 0 radical (unpaired) electrons. The summed E-state index contributed by atoms with van der Waals surface area (Å²) in [6.07, 6.45) is 0.399. The van der Waals surface area contributed by atoms with E-state index in [1.807, 2.05) is 30.3 Å². The Morgan fingerprint density at radius 1 is 1.32 bits per heavy atom. The van der Waals surface area contributed by atoms with Crippen molar-refractivity contribution in [3.63, 3.8) is 0 Å². The molecule has 5 heteroatoms. The number of nitrogens with zero attached hydrogens (tertiary/aromatic N) is 1. The normalized spacial score (nSPS) is 22.8. The van der Waals surface area contributed by atoms with Crippen LogP contribution < -0.4 is 0 Å². The summed E-state index contributed by atoms with van der Waals surface area (Å²) in [6, 6.07) is 9.41. The number of benzene rings is 1. The predicted octanol–water partition coefficient (Wildman–Crippen LogP) is 3.50. The first-order valence-electron chi connectivity index (χ1n) is 7.73. The number of carbonyl (C=O) groups is 2. The number of amides is 1. The van der Waals surface area contributed by atoms with Gasteiger partial charge in [0, 0.05) is 25.9 Å². The third-order valence-corrected chi connectivity index (χ3v) is 4.13. The Kier molecular flexibility index (Phi) is 5.52. The minimum Gasteiger partial charge on any atom is -0.445 e. The molecule has 4 nitrogen and oxygen atoms in total. The number of ether oxygens (including phenoxy) is 1. The minimum atomic E-state index is -1.81. The number of Topliss-reactive ketones (excluding diaryl/α,β-unsaturated/α-hetero) is 1. The van der Waals surface area contributed by atoms with Gasteiger partial charge in [-0.3, -0.25) is 4.79 Å². The van der Waals surface area contributed by atoms with Crippen LogP contribution >= 0.6 is 0 Å². The molecule has 1 aliphatic rings. The third kappa shape index (κ3) is 4.06. The molecule has 0 bridgehead atoms. The average Bonchev–Trinajstić information content (AvgIpc) is 2.54. The van der Waals surface area contributed by atoms with Crippen LogP contribution in [0.3, 0.4) is 0 Å². The van der Waals surface area contributed by atoms with Gasteiger partial charge in [0.25, 0.3) is 0 Å². The summed E-state index contributed by atoms with van der Waals surface area (Å²) in [5.74, 6) is -0.340. The van der Waals surface area contributed by atoms with Gasteiger partial charge in [0.05, 0.1) is 0 Å². The molecule has 1 fully saturated rings. The molecule has 1 aromatic rings. The van der Waals surface area contributed by atoms with Crippen LogP contribution in [0.15, 0.2) is 30.3 Å². The van der Waals surface area contributed by atoms with E-state index in [9.17, 15) is 14.0 Å². The molecule has 0 N–H and O–H groups in total. The Balaban J connectivity index is 1.91. The van der Waals surface area contributed by atoms with E-state index in [0.29, 0.717) is 13.0 Å². The average molecular weight is 307 g/mol. The molecule has 1 aliphatic heterocycles. The molecule has 1 heterocycles. The molecule has 0 saturated carbocycles. The fourth-order valence-electron chi connectivity index (χ4n) is 2.59. The third-order valence-electron chi connectivity index (χ3n) is 4.13. The first-order valence-corrected chi connectivity index (χ1v) is 7.73. The standard InChI is InChI=1S/C17H22FNO3/c1-2-17(18)10-12-19(11-6-9-15(17)20)16(21)22-13-14-7-4-3-5-8-14/h3-5,7-8H,2,6,9-13H2,1H3. The number of rotatable bonds is 3. The van der Waals surface area contributed by atoms with Crippen LogP contribution in [0.4, 0.5) is 9.18 Å². The number of hydrogen-bond acceptors (Lipinski definition) is 3. The highest BCUT2D eigenvalue weighted by Gasteiger charge is 2.38. The topological polar surface area (TPSA) is 46.6 Å². The first-order chi connectivity index (χ1) is 10.5. The lowest BCUT2D eigenvalue weighted by Crippen LogP contribution is -2.43. The lowest BCUT2D eigenvalue weighted by Gasteiger charge is -2.30. The number of hydrogen-bond donors (Lipinski definition) is 0. The van der Waals surface area contributed by atoms with Crippen LogP contribution in [-0.4, -0.2) is 35.5 Å². The molecular formula is C17H22FNO3. The summed E-state index contributed by atoms with van der Waals surface area (Å²) in [5, 5.41) is 0. The van der Waals surface area contributed by atoms with Gasteiger partial charge in [0.2, 0.25) is 0 Å². The quantitative estimate of drug-likeness (QED) is 0.858. The summed E-state index contributed by atoms with van der Waals surface area (Å²) >= 11 is 0. The summed E-state index contributed by atoms with van der Waals surface area (Å²) < 4.78 is 19.8. The van der Waals surface area contributed by atoms with Crippen molar-refractivity contribution in [2.45, 2.75) is 44.9 Å². The lowest BCUT2D eigenvalue weighted by molar-refractivity contribution is -0.132. The molecule has 22 heavy (non-hydrogen) atoms. The summed E-state index contributed by atoms with van der Waals surface area (Å²) in [7, 11) is 0. The molecule has 0 aromatic heterocycles. The number of alkyl halides is 1. The largest absolute Gasteiger partial charge is 0.445 e. The van der Waals surface area contributed by atoms with E-state index in [-0.39, 0.29) is 38.2 Å². The van der Waals surface area contributed by atoms with Crippen LogP contribution in [0.5, 0.6) is 0 Å². The van der Waals surface area contributed by atoms with Gasteiger partial charge in [-0.05, 0) is 18.4 Å². The van der Waals surface area contributed by atoms with Crippen LogP contribution in [-0.2, 0) is 16.1 Å². The molecule has 2 rings (SSSR count). The van der Waals surface area contributed by atoms with E-state index in [1.54, 1.807) is 6.92 Å². The predicted molar refractivity (Wildman–Crippen MR) is 81.2 cm³/mol. The van der Waals surface area contributed by atoms with Gasteiger partial charge in [-0.2, -0.15) is 0 Å². The van der Waals surface area contributed by atoms with Crippen molar-refractivity contribution in [1.29, 1.82) is 0 Å². The maximum Gasteiger partial charge on any atom is 0.410 e. The van der Waals surface area contributed by atoms with Crippen molar-refractivity contribution in [3.05, 3.63) is 35.9 Å². The van der Waals surface area contributed by atoms with Gasteiger partial charge in [-0.15, -0.1) is 0 Å². The van der Waals surface area contributed by atoms with Crippen LogP contribution in [0.25, 0.3) is 0 Å². The molecule has 1 amide bonds. The van der Waals surface area contributed by atoms with Crippen LogP contribution in [0, 0.1) is 0 Å². The zero-order valence-corrected chi connectivity index (χ0v) is 12.9. The van der Waals surface area contributed by atoms with E-state index in [2.05, 4.69) is 0 Å².